The lowest BCUT2D eigenvalue weighted by Gasteiger charge is -2.33. The fourth-order valence-corrected chi connectivity index (χ4v) is 1.28. The average molecular weight is 151 g/mol. The lowest BCUT2D eigenvalue weighted by Crippen LogP contribution is -2.53. The molecule has 4 nitrogen and oxygen atoms in total. The van der Waals surface area contributed by atoms with Gasteiger partial charge in [-0.25, -0.2) is 0 Å². The fraction of sp³-hybridized carbons (Fsp3) is 0.667. The highest BCUT2D eigenvalue weighted by atomic mass is 16.5. The number of hydrogen-bond acceptors (Lipinski definition) is 4. The van der Waals surface area contributed by atoms with Gasteiger partial charge in [0.25, 0.3) is 5.95 Å². The van der Waals surface area contributed by atoms with Crippen LogP contribution < -0.4 is 4.90 Å². The van der Waals surface area contributed by atoms with Gasteiger partial charge in [-0.1, -0.05) is 6.82 Å². The molecule has 1 aliphatic heterocycles. The minimum absolute atomic E-state index is 0.638. The molecule has 1 aliphatic rings. The van der Waals surface area contributed by atoms with E-state index in [1.54, 1.807) is 6.92 Å². The summed E-state index contributed by atoms with van der Waals surface area (Å²) in [5, 5.41) is 3.81. The lowest BCUT2D eigenvalue weighted by molar-refractivity contribution is 0.392. The van der Waals surface area contributed by atoms with Crippen LogP contribution in [-0.4, -0.2) is 29.7 Å². The molecular weight excluding hydrogens is 141 g/mol. The molecule has 1 aromatic heterocycles. The summed E-state index contributed by atoms with van der Waals surface area (Å²) < 4.78 is 4.85. The molecule has 0 atom stereocenters. The van der Waals surface area contributed by atoms with E-state index in [4.69, 9.17) is 4.52 Å². The molecule has 0 N–H and O–H groups in total. The number of aromatic nitrogens is 2. The van der Waals surface area contributed by atoms with Crippen molar-refractivity contribution in [2.75, 3.05) is 17.8 Å². The van der Waals surface area contributed by atoms with Crippen LogP contribution >= 0.6 is 0 Å². The number of anilines is 1. The lowest BCUT2D eigenvalue weighted by atomic mass is 9.46. The van der Waals surface area contributed by atoms with Gasteiger partial charge >= 0.3 is 0 Å². The number of nitrogens with zero attached hydrogens (tertiary/aromatic N) is 3. The highest BCUT2D eigenvalue weighted by molar-refractivity contribution is 6.62. The molecule has 11 heavy (non-hydrogen) atoms. The monoisotopic (exact) mass is 151 g/mol. The van der Waals surface area contributed by atoms with E-state index in [0.717, 1.165) is 25.5 Å². The molecule has 0 unspecified atom stereocenters. The maximum absolute atomic E-state index is 4.85. The van der Waals surface area contributed by atoms with Gasteiger partial charge < -0.3 is 9.42 Å². The van der Waals surface area contributed by atoms with Crippen LogP contribution in [-0.2, 0) is 0 Å². The third kappa shape index (κ3) is 1.10. The molecule has 1 aromatic rings. The first-order valence-corrected chi connectivity index (χ1v) is 3.81. The smallest absolute Gasteiger partial charge is 0.264 e. The van der Waals surface area contributed by atoms with Gasteiger partial charge in [-0.05, 0) is 18.0 Å². The molecule has 0 amide bonds. The molecule has 0 bridgehead atoms. The summed E-state index contributed by atoms with van der Waals surface area (Å²) in [5.41, 5.74) is 0. The fourth-order valence-electron chi connectivity index (χ4n) is 1.28. The standard InChI is InChI=1S/C6H10BN3O/c1-5-8-6(9-11-5)10-3-7(2)4-10/h3-4H2,1-2H3. The van der Waals surface area contributed by atoms with Crippen LogP contribution in [0.25, 0.3) is 0 Å². The Morgan fingerprint density at radius 2 is 2.27 bits per heavy atom. The highest BCUT2D eigenvalue weighted by Crippen LogP contribution is 2.15. The van der Waals surface area contributed by atoms with Crippen molar-refractivity contribution >= 4 is 12.7 Å². The van der Waals surface area contributed by atoms with Crippen LogP contribution in [0.5, 0.6) is 0 Å². The maximum atomic E-state index is 4.85. The van der Waals surface area contributed by atoms with Crippen molar-refractivity contribution in [2.24, 2.45) is 0 Å². The van der Waals surface area contributed by atoms with Crippen LogP contribution in [0.2, 0.25) is 6.82 Å². The first-order valence-electron chi connectivity index (χ1n) is 3.81. The summed E-state index contributed by atoms with van der Waals surface area (Å²) >= 11 is 0. The summed E-state index contributed by atoms with van der Waals surface area (Å²) in [6.07, 6.45) is 2.11. The molecule has 1 fully saturated rings. The zero-order valence-corrected chi connectivity index (χ0v) is 6.74. The Morgan fingerprint density at radius 1 is 1.55 bits per heavy atom. The van der Waals surface area contributed by atoms with Crippen molar-refractivity contribution in [3.05, 3.63) is 5.89 Å². The summed E-state index contributed by atoms with van der Waals surface area (Å²) in [4.78, 5) is 6.23. The van der Waals surface area contributed by atoms with Crippen molar-refractivity contribution < 1.29 is 4.52 Å². The van der Waals surface area contributed by atoms with Crippen molar-refractivity contribution in [2.45, 2.75) is 13.7 Å². The quantitative estimate of drug-likeness (QED) is 0.544. The van der Waals surface area contributed by atoms with Crippen molar-refractivity contribution in [3.8, 4) is 0 Å². The molecule has 0 aliphatic carbocycles. The van der Waals surface area contributed by atoms with Gasteiger partial charge in [-0.15, -0.1) is 0 Å². The van der Waals surface area contributed by atoms with Gasteiger partial charge in [-0.2, -0.15) is 4.98 Å². The zero-order valence-electron chi connectivity index (χ0n) is 6.74. The van der Waals surface area contributed by atoms with E-state index < -0.39 is 0 Å². The second-order valence-corrected chi connectivity index (χ2v) is 3.12. The van der Waals surface area contributed by atoms with Crippen molar-refractivity contribution in [1.82, 2.24) is 10.1 Å². The summed E-state index contributed by atoms with van der Waals surface area (Å²) in [5.74, 6) is 1.38. The van der Waals surface area contributed by atoms with Crippen LogP contribution in [0, 0.1) is 6.92 Å². The van der Waals surface area contributed by atoms with Gasteiger partial charge in [-0.3, -0.25) is 0 Å². The zero-order chi connectivity index (χ0) is 7.84. The molecule has 2 rings (SSSR count). The summed E-state index contributed by atoms with van der Waals surface area (Å²) in [6.45, 7) is 4.79. The van der Waals surface area contributed by atoms with E-state index in [1.165, 1.54) is 0 Å². The van der Waals surface area contributed by atoms with Crippen LogP contribution in [0.1, 0.15) is 5.89 Å². The molecule has 0 saturated carbocycles. The molecule has 0 spiro atoms. The van der Waals surface area contributed by atoms with Crippen molar-refractivity contribution in [1.29, 1.82) is 0 Å². The van der Waals surface area contributed by atoms with E-state index in [2.05, 4.69) is 21.9 Å². The van der Waals surface area contributed by atoms with E-state index >= 15 is 0 Å². The second kappa shape index (κ2) is 2.25. The number of rotatable bonds is 1. The van der Waals surface area contributed by atoms with Gasteiger partial charge in [0.15, 0.2) is 6.71 Å². The highest BCUT2D eigenvalue weighted by Gasteiger charge is 2.28. The third-order valence-electron chi connectivity index (χ3n) is 1.86. The van der Waals surface area contributed by atoms with Crippen molar-refractivity contribution in [3.63, 3.8) is 0 Å². The van der Waals surface area contributed by atoms with Gasteiger partial charge in [0.2, 0.25) is 5.89 Å². The van der Waals surface area contributed by atoms with Gasteiger partial charge in [0.05, 0.1) is 0 Å². The Balaban J connectivity index is 2.07. The molecule has 58 valence electrons. The Bertz CT molecular complexity index is 256. The van der Waals surface area contributed by atoms with E-state index in [9.17, 15) is 0 Å². The Morgan fingerprint density at radius 3 is 2.73 bits per heavy atom. The van der Waals surface area contributed by atoms with E-state index in [1.807, 2.05) is 0 Å². The predicted octanol–water partition coefficient (Wildman–Crippen LogP) is 0.401. The molecule has 5 heteroatoms. The average Bonchev–Trinajstić information content (AvgIpc) is 2.29. The first-order chi connectivity index (χ1) is 5.25. The predicted molar refractivity (Wildman–Crippen MR) is 42.9 cm³/mol. The molecule has 0 aromatic carbocycles. The van der Waals surface area contributed by atoms with Gasteiger partial charge in [0, 0.05) is 6.92 Å². The SMILES string of the molecule is CB1CN(c2noc(C)n2)C1. The molecule has 2 heterocycles. The van der Waals surface area contributed by atoms with Crippen LogP contribution in [0.15, 0.2) is 4.52 Å². The van der Waals surface area contributed by atoms with Crippen LogP contribution in [0.3, 0.4) is 0 Å². The molecule has 0 radical (unpaired) electrons. The largest absolute Gasteiger partial charge is 0.353 e. The third-order valence-corrected chi connectivity index (χ3v) is 1.86. The summed E-state index contributed by atoms with van der Waals surface area (Å²) in [6, 6.07) is 0. The minimum Gasteiger partial charge on any atom is -0.353 e. The number of hydrogen-bond donors (Lipinski definition) is 0. The second-order valence-electron chi connectivity index (χ2n) is 3.12. The van der Waals surface area contributed by atoms with Gasteiger partial charge in [0.1, 0.15) is 0 Å². The number of aryl methyl sites for hydroxylation is 1. The minimum atomic E-state index is 0.638. The Labute approximate surface area is 65.7 Å². The molecular formula is C6H10BN3O. The summed E-state index contributed by atoms with van der Waals surface area (Å²) in [7, 11) is 0. The van der Waals surface area contributed by atoms with E-state index in [-0.39, 0.29) is 0 Å². The Kier molecular flexibility index (Phi) is 1.37. The Hall–Kier alpha value is -0.995. The normalized spacial score (nSPS) is 16.9. The first kappa shape index (κ1) is 6.70. The van der Waals surface area contributed by atoms with E-state index in [0.29, 0.717) is 5.89 Å². The molecule has 1 saturated heterocycles. The maximum Gasteiger partial charge on any atom is 0.264 e. The topological polar surface area (TPSA) is 42.2 Å². The van der Waals surface area contributed by atoms with Crippen LogP contribution in [0.4, 0.5) is 5.95 Å².